The molecule has 4 atom stereocenters. The number of ether oxygens (including phenoxy) is 1. The topological polar surface area (TPSA) is 38.3 Å². The molecule has 0 radical (unpaired) electrons. The predicted octanol–water partition coefficient (Wildman–Crippen LogP) is 4.48. The molecule has 4 rings (SSSR count). The first-order chi connectivity index (χ1) is 12.2. The molecule has 1 heterocycles. The SMILES string of the molecule is C[C@@H](NC(=O)COc1ccc(C2SCCS2)cc1)[C@H]1C[C@@H]2CC[C@@H]1C2. The van der Waals surface area contributed by atoms with Crippen molar-refractivity contribution >= 4 is 29.4 Å². The number of hydrogen-bond acceptors (Lipinski definition) is 4. The maximum atomic E-state index is 12.2. The molecule has 5 heteroatoms. The highest BCUT2D eigenvalue weighted by molar-refractivity contribution is 8.19. The van der Waals surface area contributed by atoms with Crippen molar-refractivity contribution < 1.29 is 9.53 Å². The molecule has 1 aliphatic heterocycles. The first-order valence-electron chi connectivity index (χ1n) is 9.44. The molecule has 1 N–H and O–H groups in total. The first-order valence-corrected chi connectivity index (χ1v) is 11.5. The number of nitrogens with one attached hydrogen (secondary N) is 1. The molecule has 1 aromatic carbocycles. The highest BCUT2D eigenvalue weighted by Crippen LogP contribution is 2.49. The summed E-state index contributed by atoms with van der Waals surface area (Å²) in [6, 6.07) is 8.50. The summed E-state index contributed by atoms with van der Waals surface area (Å²) in [5, 5.41) is 3.16. The zero-order valence-electron chi connectivity index (χ0n) is 14.8. The Morgan fingerprint density at radius 3 is 2.60 bits per heavy atom. The van der Waals surface area contributed by atoms with Crippen LogP contribution in [0.2, 0.25) is 0 Å². The Labute approximate surface area is 159 Å². The van der Waals surface area contributed by atoms with Crippen LogP contribution in [0.1, 0.15) is 42.8 Å². The van der Waals surface area contributed by atoms with Crippen LogP contribution in [0.25, 0.3) is 0 Å². The van der Waals surface area contributed by atoms with Crippen molar-refractivity contribution in [2.24, 2.45) is 17.8 Å². The van der Waals surface area contributed by atoms with E-state index in [2.05, 4.69) is 24.4 Å². The van der Waals surface area contributed by atoms with E-state index in [4.69, 9.17) is 4.74 Å². The number of hydrogen-bond donors (Lipinski definition) is 1. The lowest BCUT2D eigenvalue weighted by atomic mass is 9.84. The van der Waals surface area contributed by atoms with E-state index in [-0.39, 0.29) is 18.6 Å². The van der Waals surface area contributed by atoms with E-state index < -0.39 is 0 Å². The fourth-order valence-electron chi connectivity index (χ4n) is 4.73. The Hall–Kier alpha value is -0.810. The van der Waals surface area contributed by atoms with E-state index in [0.717, 1.165) is 17.6 Å². The number of benzene rings is 1. The molecular weight excluding hydrogens is 350 g/mol. The average molecular weight is 378 g/mol. The van der Waals surface area contributed by atoms with Crippen molar-refractivity contribution in [1.82, 2.24) is 5.32 Å². The summed E-state index contributed by atoms with van der Waals surface area (Å²) < 4.78 is 6.24. The number of carbonyl (C=O) groups is 1. The van der Waals surface area contributed by atoms with Gasteiger partial charge in [-0.25, -0.2) is 0 Å². The van der Waals surface area contributed by atoms with Crippen LogP contribution in [-0.2, 0) is 4.79 Å². The monoisotopic (exact) mass is 377 g/mol. The van der Waals surface area contributed by atoms with Crippen molar-refractivity contribution in [1.29, 1.82) is 0 Å². The second kappa shape index (κ2) is 7.83. The van der Waals surface area contributed by atoms with Crippen molar-refractivity contribution in [2.75, 3.05) is 18.1 Å². The molecule has 0 unspecified atom stereocenters. The Balaban J connectivity index is 1.23. The average Bonchev–Trinajstić information content (AvgIpc) is 3.37. The Morgan fingerprint density at radius 1 is 1.20 bits per heavy atom. The molecule has 2 aliphatic carbocycles. The summed E-state index contributed by atoms with van der Waals surface area (Å²) in [6.45, 7) is 2.27. The lowest BCUT2D eigenvalue weighted by molar-refractivity contribution is -0.124. The van der Waals surface area contributed by atoms with Gasteiger partial charge < -0.3 is 10.1 Å². The summed E-state index contributed by atoms with van der Waals surface area (Å²) in [5.41, 5.74) is 1.34. The molecule has 1 amide bonds. The van der Waals surface area contributed by atoms with E-state index in [1.807, 2.05) is 35.7 Å². The predicted molar refractivity (Wildman–Crippen MR) is 106 cm³/mol. The summed E-state index contributed by atoms with van der Waals surface area (Å²) in [6.07, 6.45) is 5.44. The van der Waals surface area contributed by atoms with Crippen LogP contribution in [0.5, 0.6) is 5.75 Å². The van der Waals surface area contributed by atoms with Crippen LogP contribution in [0.15, 0.2) is 24.3 Å². The molecule has 3 fully saturated rings. The number of amides is 1. The van der Waals surface area contributed by atoms with E-state index >= 15 is 0 Å². The highest BCUT2D eigenvalue weighted by atomic mass is 32.2. The van der Waals surface area contributed by atoms with Crippen LogP contribution in [0.4, 0.5) is 0 Å². The third-order valence-electron chi connectivity index (χ3n) is 5.97. The molecular formula is C20H27NO2S2. The van der Waals surface area contributed by atoms with E-state index in [1.54, 1.807) is 0 Å². The molecule has 3 nitrogen and oxygen atoms in total. The van der Waals surface area contributed by atoms with E-state index in [9.17, 15) is 4.79 Å². The second-order valence-electron chi connectivity index (χ2n) is 7.63. The third-order valence-corrected chi connectivity index (χ3v) is 9.07. The van der Waals surface area contributed by atoms with Crippen LogP contribution < -0.4 is 10.1 Å². The maximum absolute atomic E-state index is 12.2. The standard InChI is InChI=1S/C20H27NO2S2/c1-13(18-11-14-2-3-16(18)10-14)21-19(22)12-23-17-6-4-15(5-7-17)20-24-8-9-25-20/h4-7,13-14,16,18,20H,2-3,8-12H2,1H3,(H,21,22)/t13-,14-,16-,18-/m1/s1. The molecule has 2 bridgehead atoms. The number of fused-ring (bicyclic) bond motifs is 2. The minimum Gasteiger partial charge on any atom is -0.484 e. The van der Waals surface area contributed by atoms with E-state index in [1.165, 1.54) is 42.8 Å². The van der Waals surface area contributed by atoms with Gasteiger partial charge in [-0.05, 0) is 61.6 Å². The van der Waals surface area contributed by atoms with Crippen LogP contribution in [-0.4, -0.2) is 30.1 Å². The summed E-state index contributed by atoms with van der Waals surface area (Å²) in [7, 11) is 0. The lowest BCUT2D eigenvalue weighted by Gasteiger charge is -2.28. The quantitative estimate of drug-likeness (QED) is 0.793. The normalized spacial score (nSPS) is 29.7. The van der Waals surface area contributed by atoms with Gasteiger partial charge in [-0.1, -0.05) is 18.6 Å². The van der Waals surface area contributed by atoms with Gasteiger partial charge in [-0.3, -0.25) is 4.79 Å². The van der Waals surface area contributed by atoms with Gasteiger partial charge in [-0.15, -0.1) is 23.5 Å². The van der Waals surface area contributed by atoms with Crippen molar-refractivity contribution in [3.8, 4) is 5.75 Å². The highest BCUT2D eigenvalue weighted by Gasteiger charge is 2.42. The van der Waals surface area contributed by atoms with Gasteiger partial charge in [0.15, 0.2) is 6.61 Å². The molecule has 1 saturated heterocycles. The largest absolute Gasteiger partial charge is 0.484 e. The number of rotatable bonds is 6. The summed E-state index contributed by atoms with van der Waals surface area (Å²) in [4.78, 5) is 12.2. The van der Waals surface area contributed by atoms with E-state index in [0.29, 0.717) is 10.5 Å². The maximum Gasteiger partial charge on any atom is 0.258 e. The van der Waals surface area contributed by atoms with Crippen LogP contribution in [0, 0.1) is 17.8 Å². The van der Waals surface area contributed by atoms with Crippen molar-refractivity contribution in [3.63, 3.8) is 0 Å². The van der Waals surface area contributed by atoms with Gasteiger partial charge in [-0.2, -0.15) is 0 Å². The molecule has 136 valence electrons. The zero-order valence-corrected chi connectivity index (χ0v) is 16.4. The van der Waals surface area contributed by atoms with Crippen LogP contribution >= 0.6 is 23.5 Å². The van der Waals surface area contributed by atoms with Crippen molar-refractivity contribution in [2.45, 2.75) is 43.2 Å². The minimum absolute atomic E-state index is 0.00116. The Kier molecular flexibility index (Phi) is 5.51. The fraction of sp³-hybridized carbons (Fsp3) is 0.650. The summed E-state index contributed by atoms with van der Waals surface area (Å²) in [5.74, 6) is 5.66. The number of thioether (sulfide) groups is 2. The lowest BCUT2D eigenvalue weighted by Crippen LogP contribution is -2.42. The van der Waals surface area contributed by atoms with Gasteiger partial charge in [0.05, 0.1) is 4.58 Å². The molecule has 0 aromatic heterocycles. The third kappa shape index (κ3) is 4.13. The zero-order chi connectivity index (χ0) is 17.2. The number of carbonyl (C=O) groups excluding carboxylic acids is 1. The molecule has 25 heavy (non-hydrogen) atoms. The van der Waals surface area contributed by atoms with Gasteiger partial charge >= 0.3 is 0 Å². The molecule has 2 saturated carbocycles. The Bertz CT molecular complexity index is 600. The Morgan fingerprint density at radius 2 is 1.96 bits per heavy atom. The fourth-order valence-corrected chi connectivity index (χ4v) is 7.59. The molecule has 1 aromatic rings. The second-order valence-corrected chi connectivity index (χ2v) is 10.4. The van der Waals surface area contributed by atoms with Crippen molar-refractivity contribution in [3.05, 3.63) is 29.8 Å². The minimum atomic E-state index is 0.00116. The molecule has 3 aliphatic rings. The summed E-state index contributed by atoms with van der Waals surface area (Å²) >= 11 is 4.00. The van der Waals surface area contributed by atoms with Gasteiger partial charge in [0.25, 0.3) is 5.91 Å². The first kappa shape index (κ1) is 17.6. The van der Waals surface area contributed by atoms with Gasteiger partial charge in [0.2, 0.25) is 0 Å². The molecule has 0 spiro atoms. The van der Waals surface area contributed by atoms with Crippen LogP contribution in [0.3, 0.4) is 0 Å². The van der Waals surface area contributed by atoms with Gasteiger partial charge in [0.1, 0.15) is 5.75 Å². The smallest absolute Gasteiger partial charge is 0.258 e. The van der Waals surface area contributed by atoms with Gasteiger partial charge in [0, 0.05) is 17.5 Å².